The molecule has 1 saturated heterocycles. The van der Waals surface area contributed by atoms with E-state index in [9.17, 15) is 9.59 Å². The number of carbonyl (C=O) groups excluding carboxylic acids is 2. The minimum atomic E-state index is -0.623. The van der Waals surface area contributed by atoms with Crippen molar-refractivity contribution in [3.63, 3.8) is 0 Å². The van der Waals surface area contributed by atoms with E-state index in [4.69, 9.17) is 4.74 Å². The zero-order valence-corrected chi connectivity index (χ0v) is 17.7. The average molecular weight is 391 g/mol. The maximum Gasteiger partial charge on any atom is 0.154 e. The summed E-state index contributed by atoms with van der Waals surface area (Å²) in [7, 11) is 0. The summed E-state index contributed by atoms with van der Waals surface area (Å²) in [6.45, 7) is 7.57. The average Bonchev–Trinajstić information content (AvgIpc) is 3.24. The number of benzene rings is 2. The predicted octanol–water partition coefficient (Wildman–Crippen LogP) is 4.89. The van der Waals surface area contributed by atoms with Gasteiger partial charge in [0.2, 0.25) is 0 Å². The first-order valence-corrected chi connectivity index (χ1v) is 10.7. The van der Waals surface area contributed by atoms with Crippen molar-refractivity contribution in [2.24, 2.45) is 11.3 Å². The summed E-state index contributed by atoms with van der Waals surface area (Å²) in [4.78, 5) is 27.3. The first kappa shape index (κ1) is 20.0. The van der Waals surface area contributed by atoms with Gasteiger partial charge in [0, 0.05) is 25.0 Å². The highest BCUT2D eigenvalue weighted by atomic mass is 16.5. The lowest BCUT2D eigenvalue weighted by molar-refractivity contribution is -0.128. The van der Waals surface area contributed by atoms with Crippen LogP contribution in [0.4, 0.5) is 0 Å². The van der Waals surface area contributed by atoms with E-state index in [0.717, 1.165) is 41.7 Å². The number of ether oxygens (including phenoxy) is 1. The summed E-state index contributed by atoms with van der Waals surface area (Å²) in [6.07, 6.45) is 2.70. The van der Waals surface area contributed by atoms with Crippen LogP contribution in [0.25, 0.3) is 0 Å². The molecule has 3 nitrogen and oxygen atoms in total. The molecule has 1 aliphatic heterocycles. The standard InChI is InChI=1S/C26H30O3/c1-17-11-18(2)23(19(3)12-17)24-22(27)15-26(25(24)28,14-21-9-10-29-16-21)13-20-7-5-4-6-8-20/h4-8,11-12,21,24H,9-10,13-16H2,1-3H3. The molecule has 0 spiro atoms. The van der Waals surface area contributed by atoms with Gasteiger partial charge >= 0.3 is 0 Å². The van der Waals surface area contributed by atoms with Gasteiger partial charge < -0.3 is 4.74 Å². The summed E-state index contributed by atoms with van der Waals surface area (Å²) < 4.78 is 5.59. The lowest BCUT2D eigenvalue weighted by Gasteiger charge is -2.30. The summed E-state index contributed by atoms with van der Waals surface area (Å²) >= 11 is 0. The van der Waals surface area contributed by atoms with Crippen molar-refractivity contribution in [3.8, 4) is 0 Å². The molecule has 0 bridgehead atoms. The fourth-order valence-corrected chi connectivity index (χ4v) is 5.59. The fraction of sp³-hybridized carbons (Fsp3) is 0.462. The monoisotopic (exact) mass is 390 g/mol. The Bertz CT molecular complexity index is 901. The third kappa shape index (κ3) is 3.81. The Labute approximate surface area is 173 Å². The van der Waals surface area contributed by atoms with E-state index in [2.05, 4.69) is 31.2 Å². The lowest BCUT2D eigenvalue weighted by atomic mass is 9.71. The van der Waals surface area contributed by atoms with Gasteiger partial charge in [0.05, 0.1) is 0 Å². The Morgan fingerprint density at radius 3 is 2.34 bits per heavy atom. The normalized spacial score (nSPS) is 27.0. The summed E-state index contributed by atoms with van der Waals surface area (Å²) in [6, 6.07) is 14.3. The quantitative estimate of drug-likeness (QED) is 0.683. The van der Waals surface area contributed by atoms with Gasteiger partial charge in [-0.2, -0.15) is 0 Å². The van der Waals surface area contributed by atoms with E-state index in [0.29, 0.717) is 25.4 Å². The van der Waals surface area contributed by atoms with Crippen molar-refractivity contribution < 1.29 is 14.3 Å². The van der Waals surface area contributed by atoms with Gasteiger partial charge in [0.1, 0.15) is 11.7 Å². The Morgan fingerprint density at radius 2 is 1.72 bits per heavy atom. The number of ketones is 2. The van der Waals surface area contributed by atoms with Crippen LogP contribution in [-0.4, -0.2) is 24.8 Å². The van der Waals surface area contributed by atoms with Crippen molar-refractivity contribution in [2.75, 3.05) is 13.2 Å². The molecule has 4 rings (SSSR count). The molecule has 0 N–H and O–H groups in total. The van der Waals surface area contributed by atoms with Crippen LogP contribution >= 0.6 is 0 Å². The van der Waals surface area contributed by atoms with E-state index in [1.165, 1.54) is 5.56 Å². The second-order valence-electron chi connectivity index (χ2n) is 9.13. The van der Waals surface area contributed by atoms with Gasteiger partial charge in [0.15, 0.2) is 5.78 Å². The molecule has 2 aromatic carbocycles. The van der Waals surface area contributed by atoms with Crippen molar-refractivity contribution in [2.45, 2.75) is 52.4 Å². The van der Waals surface area contributed by atoms with Crippen LogP contribution in [0.1, 0.15) is 53.0 Å². The maximum atomic E-state index is 14.0. The molecule has 2 aromatic rings. The Kier molecular flexibility index (Phi) is 5.44. The number of Topliss-reactive ketones (excluding diaryl/α,β-unsaturated/α-hetero) is 2. The third-order valence-electron chi connectivity index (χ3n) is 6.73. The summed E-state index contributed by atoms with van der Waals surface area (Å²) in [5.74, 6) is -0.0655. The van der Waals surface area contributed by atoms with Crippen LogP contribution in [0, 0.1) is 32.1 Å². The number of rotatable bonds is 5. The molecule has 152 valence electrons. The molecule has 3 heteroatoms. The number of carbonyl (C=O) groups is 2. The fourth-order valence-electron chi connectivity index (χ4n) is 5.59. The SMILES string of the molecule is Cc1cc(C)c(C2C(=O)CC(Cc3ccccc3)(CC3CCOC3)C2=O)c(C)c1. The molecular weight excluding hydrogens is 360 g/mol. The van der Waals surface area contributed by atoms with Gasteiger partial charge in [-0.25, -0.2) is 0 Å². The Hall–Kier alpha value is -2.26. The van der Waals surface area contributed by atoms with Crippen LogP contribution in [0.2, 0.25) is 0 Å². The zero-order valence-electron chi connectivity index (χ0n) is 17.7. The van der Waals surface area contributed by atoms with Crippen LogP contribution in [0.5, 0.6) is 0 Å². The number of aryl methyl sites for hydroxylation is 3. The van der Waals surface area contributed by atoms with E-state index in [1.807, 2.05) is 32.0 Å². The van der Waals surface area contributed by atoms with Crippen molar-refractivity contribution >= 4 is 11.6 Å². The molecule has 3 unspecified atom stereocenters. The number of hydrogen-bond acceptors (Lipinski definition) is 3. The van der Waals surface area contributed by atoms with Gasteiger partial charge in [-0.05, 0) is 68.2 Å². The van der Waals surface area contributed by atoms with Gasteiger partial charge in [0.25, 0.3) is 0 Å². The van der Waals surface area contributed by atoms with Gasteiger partial charge in [-0.1, -0.05) is 48.0 Å². The summed E-state index contributed by atoms with van der Waals surface area (Å²) in [5.41, 5.74) is 4.71. The van der Waals surface area contributed by atoms with Crippen LogP contribution in [-0.2, 0) is 20.7 Å². The highest BCUT2D eigenvalue weighted by molar-refractivity contribution is 6.17. The third-order valence-corrected chi connectivity index (χ3v) is 6.73. The molecule has 29 heavy (non-hydrogen) atoms. The molecular formula is C26H30O3. The topological polar surface area (TPSA) is 43.4 Å². The molecule has 0 amide bonds. The van der Waals surface area contributed by atoms with Crippen molar-refractivity contribution in [3.05, 3.63) is 70.3 Å². The van der Waals surface area contributed by atoms with E-state index >= 15 is 0 Å². The van der Waals surface area contributed by atoms with E-state index in [-0.39, 0.29) is 11.6 Å². The van der Waals surface area contributed by atoms with Crippen molar-refractivity contribution in [1.29, 1.82) is 0 Å². The summed E-state index contributed by atoms with van der Waals surface area (Å²) in [5, 5.41) is 0. The molecule has 3 atom stereocenters. The smallest absolute Gasteiger partial charge is 0.154 e. The minimum absolute atomic E-state index is 0.0832. The first-order chi connectivity index (χ1) is 13.9. The van der Waals surface area contributed by atoms with Crippen LogP contribution in [0.3, 0.4) is 0 Å². The molecule has 0 aromatic heterocycles. The molecule has 0 radical (unpaired) electrons. The molecule has 1 heterocycles. The van der Waals surface area contributed by atoms with Crippen LogP contribution in [0.15, 0.2) is 42.5 Å². The molecule has 2 fully saturated rings. The highest BCUT2D eigenvalue weighted by Gasteiger charge is 2.54. The van der Waals surface area contributed by atoms with E-state index < -0.39 is 11.3 Å². The number of hydrogen-bond donors (Lipinski definition) is 0. The Balaban J connectivity index is 1.74. The first-order valence-electron chi connectivity index (χ1n) is 10.7. The zero-order chi connectivity index (χ0) is 20.6. The molecule has 2 aliphatic rings. The molecule has 1 saturated carbocycles. The van der Waals surface area contributed by atoms with E-state index in [1.54, 1.807) is 0 Å². The second kappa shape index (κ2) is 7.87. The minimum Gasteiger partial charge on any atom is -0.381 e. The predicted molar refractivity (Wildman–Crippen MR) is 114 cm³/mol. The highest BCUT2D eigenvalue weighted by Crippen LogP contribution is 2.49. The second-order valence-corrected chi connectivity index (χ2v) is 9.13. The van der Waals surface area contributed by atoms with Gasteiger partial charge in [-0.15, -0.1) is 0 Å². The van der Waals surface area contributed by atoms with Crippen LogP contribution < -0.4 is 0 Å². The van der Waals surface area contributed by atoms with Crippen molar-refractivity contribution in [1.82, 2.24) is 0 Å². The van der Waals surface area contributed by atoms with Gasteiger partial charge in [-0.3, -0.25) is 9.59 Å². The molecule has 1 aliphatic carbocycles. The Morgan fingerprint density at radius 1 is 1.03 bits per heavy atom. The maximum absolute atomic E-state index is 14.0. The lowest BCUT2D eigenvalue weighted by Crippen LogP contribution is -2.33. The largest absolute Gasteiger partial charge is 0.381 e.